The number of nitrogens with zero attached hydrogens (tertiary/aromatic N) is 1. The van der Waals surface area contributed by atoms with Gasteiger partial charge < -0.3 is 9.47 Å². The van der Waals surface area contributed by atoms with Crippen LogP contribution in [0.4, 0.5) is 0 Å². The summed E-state index contributed by atoms with van der Waals surface area (Å²) in [5.74, 6) is 0.816. The fourth-order valence-electron chi connectivity index (χ4n) is 4.06. The van der Waals surface area contributed by atoms with E-state index < -0.39 is 5.41 Å². The second kappa shape index (κ2) is 9.23. The zero-order valence-corrected chi connectivity index (χ0v) is 19.2. The number of hydrazone groups is 1. The predicted molar refractivity (Wildman–Crippen MR) is 127 cm³/mol. The van der Waals surface area contributed by atoms with Crippen LogP contribution in [0.3, 0.4) is 0 Å². The molecule has 3 aromatic rings. The van der Waals surface area contributed by atoms with Crippen LogP contribution in [-0.2, 0) is 10.2 Å². The highest BCUT2D eigenvalue weighted by molar-refractivity contribution is 6.30. The maximum Gasteiger partial charge on any atom is 0.244 e. The van der Waals surface area contributed by atoms with Crippen molar-refractivity contribution in [3.8, 4) is 11.5 Å². The third-order valence-corrected chi connectivity index (χ3v) is 6.30. The normalized spacial score (nSPS) is 16.6. The summed E-state index contributed by atoms with van der Waals surface area (Å²) < 4.78 is 10.5. The van der Waals surface area contributed by atoms with Gasteiger partial charge in [0, 0.05) is 15.5 Å². The fraction of sp³-hybridized carbons (Fsp3) is 0.200. The Bertz CT molecular complexity index is 1100. The molecule has 1 atom stereocenters. The Morgan fingerprint density at radius 1 is 0.938 bits per heavy atom. The second-order valence-electron chi connectivity index (χ2n) is 7.59. The Hall–Kier alpha value is -3.02. The lowest BCUT2D eigenvalue weighted by atomic mass is 9.85. The Kier molecular flexibility index (Phi) is 6.40. The van der Waals surface area contributed by atoms with E-state index in [0.717, 1.165) is 16.7 Å². The molecule has 5 nitrogen and oxygen atoms in total. The minimum absolute atomic E-state index is 0.147. The van der Waals surface area contributed by atoms with Gasteiger partial charge in [-0.3, -0.25) is 4.79 Å². The summed E-state index contributed by atoms with van der Waals surface area (Å²) in [6.45, 7) is 0. The molecule has 3 aromatic carbocycles. The average Bonchev–Trinajstić information content (AvgIpc) is 3.56. The minimum atomic E-state index is -0.432. The molecule has 0 radical (unpaired) electrons. The van der Waals surface area contributed by atoms with E-state index in [1.807, 2.05) is 54.6 Å². The van der Waals surface area contributed by atoms with Crippen molar-refractivity contribution in [1.82, 2.24) is 5.43 Å². The first-order valence-corrected chi connectivity index (χ1v) is 10.8. The van der Waals surface area contributed by atoms with E-state index in [4.69, 9.17) is 32.7 Å². The Morgan fingerprint density at radius 3 is 2.03 bits per heavy atom. The second-order valence-corrected chi connectivity index (χ2v) is 8.46. The lowest BCUT2D eigenvalue weighted by molar-refractivity contribution is -0.122. The van der Waals surface area contributed by atoms with E-state index in [2.05, 4.69) is 10.5 Å². The number of carbonyl (C=O) groups is 1. The standard InChI is InChI=1S/C25H22Cl2N2O3/c1-31-22-12-3-16(13-23(22)32-2)15-28-29-24(30)21-14-25(21,17-4-8-19(26)9-5-17)18-6-10-20(27)11-7-18/h3-13,15,21H,14H2,1-2H3,(H,29,30)/b28-15-/t21-/m1/s1. The van der Waals surface area contributed by atoms with E-state index in [1.165, 1.54) is 0 Å². The van der Waals surface area contributed by atoms with Crippen molar-refractivity contribution in [2.24, 2.45) is 11.0 Å². The molecule has 1 aliphatic carbocycles. The van der Waals surface area contributed by atoms with Gasteiger partial charge in [-0.1, -0.05) is 47.5 Å². The highest BCUT2D eigenvalue weighted by Gasteiger charge is 2.60. The highest BCUT2D eigenvalue weighted by atomic mass is 35.5. The molecule has 1 N–H and O–H groups in total. The van der Waals surface area contributed by atoms with Crippen molar-refractivity contribution >= 4 is 35.3 Å². The monoisotopic (exact) mass is 468 g/mol. The first-order chi connectivity index (χ1) is 15.5. The number of ether oxygens (including phenoxy) is 2. The molecule has 7 heteroatoms. The summed E-state index contributed by atoms with van der Waals surface area (Å²) in [6, 6.07) is 20.7. The number of methoxy groups -OCH3 is 2. The Balaban J connectivity index is 1.53. The number of carbonyl (C=O) groups excluding carboxylic acids is 1. The molecule has 0 spiro atoms. The van der Waals surface area contributed by atoms with Gasteiger partial charge in [0.15, 0.2) is 11.5 Å². The molecule has 0 aliphatic heterocycles. The van der Waals surface area contributed by atoms with Crippen molar-refractivity contribution in [2.75, 3.05) is 14.2 Å². The van der Waals surface area contributed by atoms with Crippen molar-refractivity contribution in [2.45, 2.75) is 11.8 Å². The van der Waals surface area contributed by atoms with Crippen LogP contribution < -0.4 is 14.9 Å². The van der Waals surface area contributed by atoms with E-state index in [0.29, 0.717) is 28.0 Å². The van der Waals surface area contributed by atoms with E-state index in [1.54, 1.807) is 32.6 Å². The molecule has 0 bridgehead atoms. The summed E-state index contributed by atoms with van der Waals surface area (Å²) in [6.07, 6.45) is 2.25. The van der Waals surface area contributed by atoms with Crippen molar-refractivity contribution in [3.63, 3.8) is 0 Å². The fourth-order valence-corrected chi connectivity index (χ4v) is 4.31. The van der Waals surface area contributed by atoms with E-state index >= 15 is 0 Å². The Morgan fingerprint density at radius 2 is 1.50 bits per heavy atom. The average molecular weight is 469 g/mol. The molecular formula is C25H22Cl2N2O3. The van der Waals surface area contributed by atoms with Crippen molar-refractivity contribution in [3.05, 3.63) is 93.5 Å². The molecule has 0 unspecified atom stereocenters. The number of hydrogen-bond acceptors (Lipinski definition) is 4. The van der Waals surface area contributed by atoms with Gasteiger partial charge in [-0.15, -0.1) is 0 Å². The largest absolute Gasteiger partial charge is 0.493 e. The number of benzene rings is 3. The summed E-state index contributed by atoms with van der Waals surface area (Å²) in [5.41, 5.74) is 5.10. The van der Waals surface area contributed by atoms with Gasteiger partial charge in [0.05, 0.1) is 26.4 Å². The number of rotatable bonds is 7. The van der Waals surface area contributed by atoms with Gasteiger partial charge in [-0.2, -0.15) is 5.10 Å². The lowest BCUT2D eigenvalue weighted by Gasteiger charge is -2.19. The first-order valence-electron chi connectivity index (χ1n) is 10.0. The van der Waals surface area contributed by atoms with Gasteiger partial charge in [0.2, 0.25) is 5.91 Å². The summed E-state index contributed by atoms with van der Waals surface area (Å²) in [4.78, 5) is 13.0. The molecule has 0 aromatic heterocycles. The smallest absolute Gasteiger partial charge is 0.244 e. The zero-order chi connectivity index (χ0) is 22.7. The van der Waals surface area contributed by atoms with Gasteiger partial charge >= 0.3 is 0 Å². The maximum absolute atomic E-state index is 13.0. The molecule has 1 saturated carbocycles. The SMILES string of the molecule is COc1ccc(/C=N\NC(=O)[C@H]2CC2(c2ccc(Cl)cc2)c2ccc(Cl)cc2)cc1OC. The minimum Gasteiger partial charge on any atom is -0.493 e. The number of hydrogen-bond donors (Lipinski definition) is 1. The van der Waals surface area contributed by atoms with Crippen LogP contribution in [-0.4, -0.2) is 26.3 Å². The molecule has 32 heavy (non-hydrogen) atoms. The third kappa shape index (κ3) is 4.31. The quantitative estimate of drug-likeness (QED) is 0.369. The van der Waals surface area contributed by atoms with Crippen LogP contribution in [0.5, 0.6) is 11.5 Å². The number of amides is 1. The third-order valence-electron chi connectivity index (χ3n) is 5.79. The molecule has 0 saturated heterocycles. The first kappa shape index (κ1) is 22.2. The molecule has 164 valence electrons. The molecule has 1 amide bonds. The van der Waals surface area contributed by atoms with Crippen molar-refractivity contribution in [1.29, 1.82) is 0 Å². The van der Waals surface area contributed by atoms with Gasteiger partial charge in [0.1, 0.15) is 0 Å². The molecular weight excluding hydrogens is 447 g/mol. The summed E-state index contributed by atoms with van der Waals surface area (Å²) >= 11 is 12.2. The van der Waals surface area contributed by atoms with Gasteiger partial charge in [-0.25, -0.2) is 5.43 Å². The van der Waals surface area contributed by atoms with Crippen molar-refractivity contribution < 1.29 is 14.3 Å². The van der Waals surface area contributed by atoms with Gasteiger partial charge in [0.25, 0.3) is 0 Å². The van der Waals surface area contributed by atoms with Crippen LogP contribution in [0, 0.1) is 5.92 Å². The zero-order valence-electron chi connectivity index (χ0n) is 17.6. The van der Waals surface area contributed by atoms with Crippen LogP contribution in [0.25, 0.3) is 0 Å². The Labute approximate surface area is 197 Å². The van der Waals surface area contributed by atoms with Gasteiger partial charge in [-0.05, 0) is 65.6 Å². The number of nitrogens with one attached hydrogen (secondary N) is 1. The highest BCUT2D eigenvalue weighted by Crippen LogP contribution is 2.59. The lowest BCUT2D eigenvalue weighted by Crippen LogP contribution is -2.25. The molecule has 1 aliphatic rings. The summed E-state index contributed by atoms with van der Waals surface area (Å²) in [7, 11) is 3.15. The maximum atomic E-state index is 13.0. The molecule has 1 fully saturated rings. The van der Waals surface area contributed by atoms with Crippen LogP contribution >= 0.6 is 23.2 Å². The van der Waals surface area contributed by atoms with Crippen LogP contribution in [0.1, 0.15) is 23.1 Å². The number of halogens is 2. The molecule has 4 rings (SSSR count). The topological polar surface area (TPSA) is 59.9 Å². The van der Waals surface area contributed by atoms with E-state index in [9.17, 15) is 4.79 Å². The van der Waals surface area contributed by atoms with E-state index in [-0.39, 0.29) is 11.8 Å². The molecule has 0 heterocycles. The van der Waals surface area contributed by atoms with Crippen LogP contribution in [0.2, 0.25) is 10.0 Å². The summed E-state index contributed by atoms with van der Waals surface area (Å²) in [5, 5.41) is 5.46. The predicted octanol–water partition coefficient (Wildman–Crippen LogP) is 5.47. The van der Waals surface area contributed by atoms with Crippen LogP contribution in [0.15, 0.2) is 71.8 Å².